The van der Waals surface area contributed by atoms with Crippen molar-refractivity contribution < 1.29 is 23.6 Å². The van der Waals surface area contributed by atoms with Crippen LogP contribution in [0.5, 0.6) is 0 Å². The SMILES string of the molecule is CCOC(=O)c1cc2c(C)noc2nc1C(=O)OCC. The van der Waals surface area contributed by atoms with Crippen molar-refractivity contribution >= 4 is 23.0 Å². The third-order valence-electron chi connectivity index (χ3n) is 2.61. The Morgan fingerprint density at radius 2 is 1.85 bits per heavy atom. The van der Waals surface area contributed by atoms with E-state index in [1.807, 2.05) is 0 Å². The van der Waals surface area contributed by atoms with Gasteiger partial charge in [-0.25, -0.2) is 14.6 Å². The first kappa shape index (κ1) is 14.0. The van der Waals surface area contributed by atoms with Gasteiger partial charge in [0, 0.05) is 0 Å². The average Bonchev–Trinajstić information content (AvgIpc) is 2.79. The Kier molecular flexibility index (Phi) is 3.97. The van der Waals surface area contributed by atoms with Crippen LogP contribution in [0.25, 0.3) is 11.1 Å². The Balaban J connectivity index is 2.59. The van der Waals surface area contributed by atoms with Gasteiger partial charge in [0.15, 0.2) is 5.69 Å². The van der Waals surface area contributed by atoms with Gasteiger partial charge in [-0.05, 0) is 26.8 Å². The molecule has 7 nitrogen and oxygen atoms in total. The van der Waals surface area contributed by atoms with Gasteiger partial charge < -0.3 is 14.0 Å². The molecule has 106 valence electrons. The Bertz CT molecular complexity index is 662. The second-order valence-electron chi connectivity index (χ2n) is 3.95. The fourth-order valence-corrected chi connectivity index (χ4v) is 1.71. The molecule has 0 N–H and O–H groups in total. The molecule has 0 amide bonds. The number of carbonyl (C=O) groups excluding carboxylic acids is 2. The van der Waals surface area contributed by atoms with Crippen LogP contribution in [0.1, 0.15) is 40.4 Å². The lowest BCUT2D eigenvalue weighted by Crippen LogP contribution is -2.16. The van der Waals surface area contributed by atoms with Crippen LogP contribution in [-0.4, -0.2) is 35.3 Å². The maximum absolute atomic E-state index is 11.9. The van der Waals surface area contributed by atoms with E-state index in [0.29, 0.717) is 11.1 Å². The number of carbonyl (C=O) groups is 2. The Morgan fingerprint density at radius 1 is 1.20 bits per heavy atom. The van der Waals surface area contributed by atoms with E-state index in [9.17, 15) is 9.59 Å². The summed E-state index contributed by atoms with van der Waals surface area (Å²) in [7, 11) is 0. The zero-order chi connectivity index (χ0) is 14.7. The van der Waals surface area contributed by atoms with Gasteiger partial charge in [0.05, 0.1) is 29.9 Å². The Morgan fingerprint density at radius 3 is 2.50 bits per heavy atom. The number of hydrogen-bond acceptors (Lipinski definition) is 7. The molecule has 2 aromatic rings. The maximum atomic E-state index is 11.9. The number of ether oxygens (including phenoxy) is 2. The highest BCUT2D eigenvalue weighted by Crippen LogP contribution is 2.21. The van der Waals surface area contributed by atoms with E-state index in [1.54, 1.807) is 20.8 Å². The normalized spacial score (nSPS) is 10.6. The molecule has 0 saturated carbocycles. The summed E-state index contributed by atoms with van der Waals surface area (Å²) < 4.78 is 14.8. The van der Waals surface area contributed by atoms with Crippen LogP contribution < -0.4 is 0 Å². The van der Waals surface area contributed by atoms with Crippen molar-refractivity contribution in [2.24, 2.45) is 0 Å². The van der Waals surface area contributed by atoms with Crippen LogP contribution in [0, 0.1) is 6.92 Å². The van der Waals surface area contributed by atoms with Gasteiger partial charge >= 0.3 is 11.9 Å². The first-order chi connectivity index (χ1) is 9.58. The molecule has 20 heavy (non-hydrogen) atoms. The highest BCUT2D eigenvalue weighted by atomic mass is 16.5. The molecule has 0 aliphatic heterocycles. The standard InChI is InChI=1S/C13H14N2O5/c1-4-18-12(16)9-6-8-7(3)15-20-11(8)14-10(9)13(17)19-5-2/h6H,4-5H2,1-3H3. The number of aromatic nitrogens is 2. The molecule has 0 aliphatic carbocycles. The maximum Gasteiger partial charge on any atom is 0.357 e. The van der Waals surface area contributed by atoms with E-state index in [2.05, 4.69) is 10.1 Å². The number of aryl methyl sites for hydroxylation is 1. The van der Waals surface area contributed by atoms with Crippen molar-refractivity contribution in [2.75, 3.05) is 13.2 Å². The van der Waals surface area contributed by atoms with Crippen molar-refractivity contribution in [3.05, 3.63) is 23.0 Å². The average molecular weight is 278 g/mol. The van der Waals surface area contributed by atoms with Crippen molar-refractivity contribution in [3.8, 4) is 0 Å². The van der Waals surface area contributed by atoms with E-state index in [1.165, 1.54) is 6.07 Å². The molecule has 2 heterocycles. The summed E-state index contributed by atoms with van der Waals surface area (Å²) in [6, 6.07) is 1.48. The summed E-state index contributed by atoms with van der Waals surface area (Å²) >= 11 is 0. The number of rotatable bonds is 4. The smallest absolute Gasteiger partial charge is 0.357 e. The molecular weight excluding hydrogens is 264 g/mol. The van der Waals surface area contributed by atoms with Crippen LogP contribution in [0.2, 0.25) is 0 Å². The summed E-state index contributed by atoms with van der Waals surface area (Å²) in [5.41, 5.74) is 0.671. The van der Waals surface area contributed by atoms with Crippen LogP contribution in [0.3, 0.4) is 0 Å². The molecule has 0 aliphatic rings. The van der Waals surface area contributed by atoms with Crippen molar-refractivity contribution in [2.45, 2.75) is 20.8 Å². The quantitative estimate of drug-likeness (QED) is 0.788. The molecule has 0 spiro atoms. The van der Waals surface area contributed by atoms with Crippen LogP contribution in [0.4, 0.5) is 0 Å². The predicted octanol–water partition coefficient (Wildman–Crippen LogP) is 1.88. The minimum atomic E-state index is -0.702. The van der Waals surface area contributed by atoms with Gasteiger partial charge in [-0.15, -0.1) is 0 Å². The lowest BCUT2D eigenvalue weighted by molar-refractivity contribution is 0.0473. The molecule has 0 saturated heterocycles. The molecule has 0 unspecified atom stereocenters. The fourth-order valence-electron chi connectivity index (χ4n) is 1.71. The summed E-state index contributed by atoms with van der Waals surface area (Å²) in [5, 5.41) is 4.30. The van der Waals surface area contributed by atoms with Crippen LogP contribution in [0.15, 0.2) is 10.6 Å². The number of fused-ring (bicyclic) bond motifs is 1. The molecule has 2 rings (SSSR count). The monoisotopic (exact) mass is 278 g/mol. The van der Waals surface area contributed by atoms with Crippen LogP contribution in [-0.2, 0) is 9.47 Å². The van der Waals surface area contributed by atoms with Crippen molar-refractivity contribution in [3.63, 3.8) is 0 Å². The second kappa shape index (κ2) is 5.68. The number of pyridine rings is 1. The van der Waals surface area contributed by atoms with Gasteiger partial charge in [-0.1, -0.05) is 5.16 Å². The summed E-state index contributed by atoms with van der Waals surface area (Å²) in [5.74, 6) is -1.34. The number of hydrogen-bond donors (Lipinski definition) is 0. The largest absolute Gasteiger partial charge is 0.462 e. The highest BCUT2D eigenvalue weighted by Gasteiger charge is 2.24. The predicted molar refractivity (Wildman–Crippen MR) is 68.5 cm³/mol. The lowest BCUT2D eigenvalue weighted by atomic mass is 10.1. The molecule has 0 atom stereocenters. The van der Waals surface area contributed by atoms with Crippen molar-refractivity contribution in [1.82, 2.24) is 10.1 Å². The van der Waals surface area contributed by atoms with Crippen molar-refractivity contribution in [1.29, 1.82) is 0 Å². The lowest BCUT2D eigenvalue weighted by Gasteiger charge is -2.07. The van der Waals surface area contributed by atoms with E-state index >= 15 is 0 Å². The third-order valence-corrected chi connectivity index (χ3v) is 2.61. The summed E-state index contributed by atoms with van der Waals surface area (Å²) in [6.45, 7) is 5.43. The van der Waals surface area contributed by atoms with E-state index in [0.717, 1.165) is 0 Å². The molecule has 0 aromatic carbocycles. The van der Waals surface area contributed by atoms with Crippen LogP contribution >= 0.6 is 0 Å². The third kappa shape index (κ3) is 2.47. The van der Waals surface area contributed by atoms with Gasteiger partial charge in [0.2, 0.25) is 0 Å². The van der Waals surface area contributed by atoms with E-state index in [4.69, 9.17) is 14.0 Å². The first-order valence-corrected chi connectivity index (χ1v) is 6.19. The summed E-state index contributed by atoms with van der Waals surface area (Å²) in [6.07, 6.45) is 0. The zero-order valence-electron chi connectivity index (χ0n) is 11.4. The minimum Gasteiger partial charge on any atom is -0.462 e. The van der Waals surface area contributed by atoms with Gasteiger partial charge in [-0.3, -0.25) is 0 Å². The topological polar surface area (TPSA) is 91.5 Å². The summed E-state index contributed by atoms with van der Waals surface area (Å²) in [4.78, 5) is 27.8. The first-order valence-electron chi connectivity index (χ1n) is 6.19. The van der Waals surface area contributed by atoms with E-state index in [-0.39, 0.29) is 30.2 Å². The number of nitrogens with zero attached hydrogens (tertiary/aromatic N) is 2. The minimum absolute atomic E-state index is 0.0455. The molecule has 0 fully saturated rings. The molecular formula is C13H14N2O5. The fraction of sp³-hybridized carbons (Fsp3) is 0.385. The van der Waals surface area contributed by atoms with Gasteiger partial charge in [0.1, 0.15) is 0 Å². The zero-order valence-corrected chi connectivity index (χ0v) is 11.4. The van der Waals surface area contributed by atoms with Gasteiger partial charge in [-0.2, -0.15) is 0 Å². The molecule has 0 bridgehead atoms. The Hall–Kier alpha value is -2.44. The molecule has 7 heteroatoms. The van der Waals surface area contributed by atoms with E-state index < -0.39 is 11.9 Å². The number of esters is 2. The van der Waals surface area contributed by atoms with Gasteiger partial charge in [0.25, 0.3) is 5.71 Å². The molecule has 0 radical (unpaired) electrons. The molecule has 2 aromatic heterocycles. The Labute approximate surface area is 114 Å². The second-order valence-corrected chi connectivity index (χ2v) is 3.95. The highest BCUT2D eigenvalue weighted by molar-refractivity contribution is 6.04.